The third-order valence-corrected chi connectivity index (χ3v) is 2.31. The van der Waals surface area contributed by atoms with E-state index in [2.05, 4.69) is 26.8 Å². The molecule has 72 valence electrons. The molecule has 0 radical (unpaired) electrons. The van der Waals surface area contributed by atoms with Crippen molar-refractivity contribution in [1.82, 2.24) is 0 Å². The van der Waals surface area contributed by atoms with Crippen LogP contribution in [-0.2, 0) is 0 Å². The largest absolute Gasteiger partial charge is 0.493 e. The number of rotatable bonds is 4. The van der Waals surface area contributed by atoms with Crippen LogP contribution in [0.15, 0.2) is 18.2 Å². The van der Waals surface area contributed by atoms with E-state index in [-0.39, 0.29) is 0 Å². The molecular formula is C12H18O. The summed E-state index contributed by atoms with van der Waals surface area (Å²) in [5.41, 5.74) is 2.56. The minimum atomic E-state index is 0.834. The molecule has 13 heavy (non-hydrogen) atoms. The maximum atomic E-state index is 5.66. The van der Waals surface area contributed by atoms with Gasteiger partial charge in [0.25, 0.3) is 0 Å². The van der Waals surface area contributed by atoms with Crippen LogP contribution >= 0.6 is 0 Å². The summed E-state index contributed by atoms with van der Waals surface area (Å²) in [6.45, 7) is 7.23. The van der Waals surface area contributed by atoms with Gasteiger partial charge in [-0.25, -0.2) is 0 Å². The minimum Gasteiger partial charge on any atom is -0.493 e. The van der Waals surface area contributed by atoms with Crippen LogP contribution in [0.4, 0.5) is 0 Å². The molecule has 1 aromatic carbocycles. The van der Waals surface area contributed by atoms with Crippen molar-refractivity contribution in [2.24, 2.45) is 0 Å². The average molecular weight is 178 g/mol. The number of hydrogen-bond acceptors (Lipinski definition) is 1. The van der Waals surface area contributed by atoms with Crippen molar-refractivity contribution in [2.45, 2.75) is 33.6 Å². The van der Waals surface area contributed by atoms with E-state index in [1.54, 1.807) is 0 Å². The lowest BCUT2D eigenvalue weighted by Gasteiger charge is -2.09. The van der Waals surface area contributed by atoms with E-state index in [0.717, 1.165) is 18.8 Å². The van der Waals surface area contributed by atoms with E-state index < -0.39 is 0 Å². The van der Waals surface area contributed by atoms with Gasteiger partial charge in [-0.3, -0.25) is 0 Å². The van der Waals surface area contributed by atoms with E-state index in [1.807, 2.05) is 12.1 Å². The van der Waals surface area contributed by atoms with Crippen LogP contribution in [-0.4, -0.2) is 6.61 Å². The van der Waals surface area contributed by atoms with Crippen molar-refractivity contribution in [2.75, 3.05) is 6.61 Å². The topological polar surface area (TPSA) is 9.23 Å². The first-order valence-corrected chi connectivity index (χ1v) is 4.94. The number of ether oxygens (including phenoxy) is 1. The molecule has 0 aliphatic heterocycles. The van der Waals surface area contributed by atoms with Crippen molar-refractivity contribution in [3.05, 3.63) is 29.3 Å². The summed E-state index contributed by atoms with van der Waals surface area (Å²) >= 11 is 0. The lowest BCUT2D eigenvalue weighted by Crippen LogP contribution is -1.98. The van der Waals surface area contributed by atoms with E-state index in [9.17, 15) is 0 Å². The molecule has 0 atom stereocenters. The summed E-state index contributed by atoms with van der Waals surface area (Å²) in [4.78, 5) is 0. The first-order valence-electron chi connectivity index (χ1n) is 4.94. The summed E-state index contributed by atoms with van der Waals surface area (Å²) in [5, 5.41) is 0. The Balaban J connectivity index is 2.61. The first kappa shape index (κ1) is 10.1. The third kappa shape index (κ3) is 2.76. The Bertz CT molecular complexity index is 266. The van der Waals surface area contributed by atoms with Crippen LogP contribution in [0.2, 0.25) is 0 Å². The van der Waals surface area contributed by atoms with Gasteiger partial charge in [-0.2, -0.15) is 0 Å². The number of hydrogen-bond donors (Lipinski definition) is 0. The molecule has 0 amide bonds. The monoisotopic (exact) mass is 178 g/mol. The summed E-state index contributed by atoms with van der Waals surface area (Å²) in [6.07, 6.45) is 2.32. The molecule has 0 aromatic heterocycles. The maximum absolute atomic E-state index is 5.66. The summed E-state index contributed by atoms with van der Waals surface area (Å²) in [7, 11) is 0. The quantitative estimate of drug-likeness (QED) is 0.641. The summed E-state index contributed by atoms with van der Waals surface area (Å²) in [6, 6.07) is 6.20. The first-order chi connectivity index (χ1) is 6.25. The highest BCUT2D eigenvalue weighted by Gasteiger charge is 2.00. The van der Waals surface area contributed by atoms with Crippen LogP contribution in [0.3, 0.4) is 0 Å². The molecule has 0 N–H and O–H groups in total. The predicted octanol–water partition coefficient (Wildman–Crippen LogP) is 3.48. The van der Waals surface area contributed by atoms with Gasteiger partial charge in [0.15, 0.2) is 0 Å². The van der Waals surface area contributed by atoms with Crippen LogP contribution < -0.4 is 4.74 Å². The molecule has 1 rings (SSSR count). The van der Waals surface area contributed by atoms with Crippen LogP contribution in [0.1, 0.15) is 30.9 Å². The Hall–Kier alpha value is -0.980. The van der Waals surface area contributed by atoms with E-state index >= 15 is 0 Å². The van der Waals surface area contributed by atoms with Gasteiger partial charge in [0.2, 0.25) is 0 Å². The standard InChI is InChI=1S/C12H18O/c1-4-5-9-13-12-8-6-7-10(2)11(12)3/h6-8H,4-5,9H2,1-3H3. The average Bonchev–Trinajstić information content (AvgIpc) is 2.13. The second-order valence-electron chi connectivity index (χ2n) is 3.40. The van der Waals surface area contributed by atoms with E-state index in [4.69, 9.17) is 4.74 Å². The molecule has 0 saturated carbocycles. The molecule has 0 aliphatic rings. The fraction of sp³-hybridized carbons (Fsp3) is 0.500. The van der Waals surface area contributed by atoms with Gasteiger partial charge < -0.3 is 4.74 Å². The molecular weight excluding hydrogens is 160 g/mol. The maximum Gasteiger partial charge on any atom is 0.122 e. The lowest BCUT2D eigenvalue weighted by molar-refractivity contribution is 0.307. The normalized spacial score (nSPS) is 10.1. The van der Waals surface area contributed by atoms with Crippen LogP contribution in [0, 0.1) is 13.8 Å². The highest BCUT2D eigenvalue weighted by Crippen LogP contribution is 2.20. The van der Waals surface area contributed by atoms with Gasteiger partial charge in [-0.05, 0) is 37.5 Å². The lowest BCUT2D eigenvalue weighted by atomic mass is 10.1. The Kier molecular flexibility index (Phi) is 3.81. The number of unbranched alkanes of at least 4 members (excludes halogenated alkanes) is 1. The van der Waals surface area contributed by atoms with Gasteiger partial charge in [0.1, 0.15) is 5.75 Å². The fourth-order valence-electron chi connectivity index (χ4n) is 1.21. The molecule has 0 unspecified atom stereocenters. The zero-order valence-corrected chi connectivity index (χ0v) is 8.76. The van der Waals surface area contributed by atoms with Crippen molar-refractivity contribution >= 4 is 0 Å². The molecule has 0 aliphatic carbocycles. The molecule has 1 aromatic rings. The molecule has 1 heteroatoms. The van der Waals surface area contributed by atoms with E-state index in [1.165, 1.54) is 17.5 Å². The molecule has 0 bridgehead atoms. The van der Waals surface area contributed by atoms with E-state index in [0.29, 0.717) is 0 Å². The SMILES string of the molecule is CCCCOc1cccc(C)c1C. The molecule has 0 heterocycles. The second kappa shape index (κ2) is 4.90. The molecule has 0 saturated heterocycles. The molecule has 0 fully saturated rings. The predicted molar refractivity (Wildman–Crippen MR) is 56.3 cm³/mol. The number of aryl methyl sites for hydroxylation is 1. The Morgan fingerprint density at radius 3 is 2.69 bits per heavy atom. The van der Waals surface area contributed by atoms with Crippen LogP contribution in [0.5, 0.6) is 5.75 Å². The number of benzene rings is 1. The van der Waals surface area contributed by atoms with Gasteiger partial charge in [0.05, 0.1) is 6.61 Å². The minimum absolute atomic E-state index is 0.834. The van der Waals surface area contributed by atoms with Crippen molar-refractivity contribution in [3.63, 3.8) is 0 Å². The van der Waals surface area contributed by atoms with Crippen molar-refractivity contribution < 1.29 is 4.74 Å². The fourth-order valence-corrected chi connectivity index (χ4v) is 1.21. The Morgan fingerprint density at radius 1 is 1.23 bits per heavy atom. The van der Waals surface area contributed by atoms with Gasteiger partial charge in [-0.1, -0.05) is 25.5 Å². The third-order valence-electron chi connectivity index (χ3n) is 2.31. The highest BCUT2D eigenvalue weighted by atomic mass is 16.5. The van der Waals surface area contributed by atoms with Gasteiger partial charge >= 0.3 is 0 Å². The zero-order chi connectivity index (χ0) is 9.68. The summed E-state index contributed by atoms with van der Waals surface area (Å²) < 4.78 is 5.66. The Morgan fingerprint density at radius 2 is 2.00 bits per heavy atom. The van der Waals surface area contributed by atoms with Crippen molar-refractivity contribution in [3.8, 4) is 5.75 Å². The Labute approximate surface area is 80.7 Å². The highest BCUT2D eigenvalue weighted by molar-refractivity contribution is 5.38. The van der Waals surface area contributed by atoms with Gasteiger partial charge in [0, 0.05) is 0 Å². The van der Waals surface area contributed by atoms with Crippen LogP contribution in [0.25, 0.3) is 0 Å². The summed E-state index contributed by atoms with van der Waals surface area (Å²) in [5.74, 6) is 1.04. The zero-order valence-electron chi connectivity index (χ0n) is 8.76. The smallest absolute Gasteiger partial charge is 0.122 e. The second-order valence-corrected chi connectivity index (χ2v) is 3.40. The van der Waals surface area contributed by atoms with Gasteiger partial charge in [-0.15, -0.1) is 0 Å². The molecule has 1 nitrogen and oxygen atoms in total. The van der Waals surface area contributed by atoms with Crippen molar-refractivity contribution in [1.29, 1.82) is 0 Å². The molecule has 0 spiro atoms.